The van der Waals surface area contributed by atoms with Crippen molar-refractivity contribution in [2.24, 2.45) is 0 Å². The number of halogens is 2. The summed E-state index contributed by atoms with van der Waals surface area (Å²) in [5, 5.41) is 28.9. The van der Waals surface area contributed by atoms with Crippen LogP contribution in [0.25, 0.3) is 11.4 Å². The molecule has 0 aliphatic heterocycles. The molecule has 0 spiro atoms. The highest BCUT2D eigenvalue weighted by Gasteiger charge is 2.18. The van der Waals surface area contributed by atoms with Crippen molar-refractivity contribution in [1.82, 2.24) is 14.8 Å². The number of nitrogens with zero attached hydrogens (tertiary/aromatic N) is 3. The predicted molar refractivity (Wildman–Crippen MR) is 105 cm³/mol. The third-order valence-electron chi connectivity index (χ3n) is 3.69. The molecule has 0 aliphatic rings. The lowest BCUT2D eigenvalue weighted by molar-refractivity contribution is 0.113. The molecule has 1 heterocycles. The second-order valence-electron chi connectivity index (χ2n) is 5.65. The Labute approximate surface area is 165 Å². The van der Waals surface area contributed by atoms with Crippen LogP contribution < -0.4 is 0 Å². The predicted octanol–water partition coefficient (Wildman–Crippen LogP) is 3.75. The van der Waals surface area contributed by atoms with Crippen LogP contribution in [0.1, 0.15) is 5.56 Å². The van der Waals surface area contributed by atoms with E-state index >= 15 is 0 Å². The standard InChI is InChI=1S/C18H17Cl2N3O2S/c19-13-6-7-15(16(20)8-13)17-21-22-18(26-11-14(25)10-24)23(17)9-12-4-2-1-3-5-12/h1-8,14,24-25H,9-11H2. The van der Waals surface area contributed by atoms with E-state index in [1.54, 1.807) is 12.1 Å². The summed E-state index contributed by atoms with van der Waals surface area (Å²) >= 11 is 13.7. The van der Waals surface area contributed by atoms with Crippen molar-refractivity contribution in [2.75, 3.05) is 12.4 Å². The van der Waals surface area contributed by atoms with Crippen LogP contribution in [0, 0.1) is 0 Å². The summed E-state index contributed by atoms with van der Waals surface area (Å²) in [4.78, 5) is 0. The third kappa shape index (κ3) is 4.58. The molecule has 0 fully saturated rings. The van der Waals surface area contributed by atoms with E-state index < -0.39 is 6.10 Å². The zero-order valence-electron chi connectivity index (χ0n) is 13.7. The van der Waals surface area contributed by atoms with E-state index in [1.807, 2.05) is 41.0 Å². The molecule has 5 nitrogen and oxygen atoms in total. The number of thioether (sulfide) groups is 1. The van der Waals surface area contributed by atoms with Crippen molar-refractivity contribution in [3.8, 4) is 11.4 Å². The lowest BCUT2D eigenvalue weighted by Gasteiger charge is -2.12. The molecule has 1 atom stereocenters. The number of rotatable bonds is 7. The first-order chi connectivity index (χ1) is 12.6. The smallest absolute Gasteiger partial charge is 0.191 e. The van der Waals surface area contributed by atoms with Crippen LogP contribution in [-0.4, -0.2) is 43.4 Å². The molecule has 8 heteroatoms. The molecular formula is C18H17Cl2N3O2S. The minimum Gasteiger partial charge on any atom is -0.394 e. The minimum absolute atomic E-state index is 0.296. The zero-order chi connectivity index (χ0) is 18.5. The van der Waals surface area contributed by atoms with Gasteiger partial charge in [0.2, 0.25) is 0 Å². The molecule has 0 saturated heterocycles. The van der Waals surface area contributed by atoms with Gasteiger partial charge in [-0.25, -0.2) is 0 Å². The second-order valence-corrected chi connectivity index (χ2v) is 7.48. The molecule has 26 heavy (non-hydrogen) atoms. The van der Waals surface area contributed by atoms with Gasteiger partial charge in [0.1, 0.15) is 0 Å². The zero-order valence-corrected chi connectivity index (χ0v) is 16.0. The van der Waals surface area contributed by atoms with E-state index in [0.717, 1.165) is 11.1 Å². The van der Waals surface area contributed by atoms with E-state index in [-0.39, 0.29) is 6.61 Å². The summed E-state index contributed by atoms with van der Waals surface area (Å²) in [5.74, 6) is 0.939. The highest BCUT2D eigenvalue weighted by Crippen LogP contribution is 2.32. The highest BCUT2D eigenvalue weighted by molar-refractivity contribution is 7.99. The first-order valence-corrected chi connectivity index (χ1v) is 9.67. The molecule has 0 aliphatic carbocycles. The van der Waals surface area contributed by atoms with E-state index in [2.05, 4.69) is 10.2 Å². The van der Waals surface area contributed by atoms with E-state index in [1.165, 1.54) is 11.8 Å². The number of aliphatic hydroxyl groups excluding tert-OH is 2. The van der Waals surface area contributed by atoms with Gasteiger partial charge < -0.3 is 10.2 Å². The minimum atomic E-state index is -0.815. The average molecular weight is 410 g/mol. The van der Waals surface area contributed by atoms with Gasteiger partial charge in [-0.2, -0.15) is 0 Å². The van der Waals surface area contributed by atoms with Crippen molar-refractivity contribution in [2.45, 2.75) is 17.8 Å². The highest BCUT2D eigenvalue weighted by atomic mass is 35.5. The third-order valence-corrected chi connectivity index (χ3v) is 5.35. The van der Waals surface area contributed by atoms with Gasteiger partial charge in [-0.1, -0.05) is 65.3 Å². The van der Waals surface area contributed by atoms with Crippen LogP contribution in [0.3, 0.4) is 0 Å². The summed E-state index contributed by atoms with van der Waals surface area (Å²) in [6.45, 7) is 0.259. The molecule has 3 aromatic rings. The summed E-state index contributed by atoms with van der Waals surface area (Å²) in [6.07, 6.45) is -0.815. The maximum absolute atomic E-state index is 9.63. The molecular weight excluding hydrogens is 393 g/mol. The average Bonchev–Trinajstić information content (AvgIpc) is 3.03. The molecule has 3 rings (SSSR count). The Morgan fingerprint density at radius 3 is 2.54 bits per heavy atom. The van der Waals surface area contributed by atoms with Crippen LogP contribution in [-0.2, 0) is 6.54 Å². The lowest BCUT2D eigenvalue weighted by atomic mass is 10.2. The molecule has 0 amide bonds. The van der Waals surface area contributed by atoms with Crippen LogP contribution in [0.2, 0.25) is 10.0 Å². The number of benzene rings is 2. The van der Waals surface area contributed by atoms with Crippen molar-refractivity contribution in [3.63, 3.8) is 0 Å². The molecule has 2 aromatic carbocycles. The van der Waals surface area contributed by atoms with Crippen LogP contribution in [0.15, 0.2) is 53.7 Å². The fourth-order valence-corrected chi connectivity index (χ4v) is 3.74. The molecule has 0 radical (unpaired) electrons. The van der Waals surface area contributed by atoms with Crippen molar-refractivity contribution < 1.29 is 10.2 Å². The molecule has 1 unspecified atom stereocenters. The van der Waals surface area contributed by atoms with Crippen molar-refractivity contribution in [1.29, 1.82) is 0 Å². The number of hydrogen-bond donors (Lipinski definition) is 2. The summed E-state index contributed by atoms with van der Waals surface area (Å²) in [7, 11) is 0. The van der Waals surface area contributed by atoms with Gasteiger partial charge in [0.25, 0.3) is 0 Å². The molecule has 1 aromatic heterocycles. The van der Waals surface area contributed by atoms with Crippen LogP contribution in [0.4, 0.5) is 0 Å². The topological polar surface area (TPSA) is 71.2 Å². The Morgan fingerprint density at radius 1 is 1.08 bits per heavy atom. The van der Waals surface area contributed by atoms with Crippen molar-refractivity contribution >= 4 is 35.0 Å². The fourth-order valence-electron chi connectivity index (χ4n) is 2.40. The molecule has 0 saturated carbocycles. The second kappa shape index (κ2) is 8.88. The van der Waals surface area contributed by atoms with Crippen LogP contribution >= 0.6 is 35.0 Å². The summed E-state index contributed by atoms with van der Waals surface area (Å²) in [6, 6.07) is 15.2. The Balaban J connectivity index is 1.99. The quantitative estimate of drug-likeness (QED) is 0.581. The Bertz CT molecular complexity index is 874. The van der Waals surface area contributed by atoms with Gasteiger partial charge in [0.05, 0.1) is 24.3 Å². The van der Waals surface area contributed by atoms with E-state index in [0.29, 0.717) is 33.3 Å². The normalized spacial score (nSPS) is 12.3. The first kappa shape index (κ1) is 19.2. The molecule has 0 bridgehead atoms. The van der Waals surface area contributed by atoms with Gasteiger partial charge in [-0.15, -0.1) is 10.2 Å². The largest absolute Gasteiger partial charge is 0.394 e. The SMILES string of the molecule is OCC(O)CSc1nnc(-c2ccc(Cl)cc2Cl)n1Cc1ccccc1. The number of hydrogen-bond acceptors (Lipinski definition) is 5. The lowest BCUT2D eigenvalue weighted by Crippen LogP contribution is -2.15. The maximum Gasteiger partial charge on any atom is 0.191 e. The Hall–Kier alpha value is -1.57. The monoisotopic (exact) mass is 409 g/mol. The van der Waals surface area contributed by atoms with Crippen LogP contribution in [0.5, 0.6) is 0 Å². The molecule has 2 N–H and O–H groups in total. The number of aromatic nitrogens is 3. The Kier molecular flexibility index (Phi) is 6.56. The molecule has 136 valence electrons. The van der Waals surface area contributed by atoms with Gasteiger partial charge in [-0.3, -0.25) is 4.57 Å². The van der Waals surface area contributed by atoms with E-state index in [9.17, 15) is 5.11 Å². The fraction of sp³-hybridized carbons (Fsp3) is 0.222. The van der Waals surface area contributed by atoms with Gasteiger partial charge >= 0.3 is 0 Å². The summed E-state index contributed by atoms with van der Waals surface area (Å²) < 4.78 is 1.94. The van der Waals surface area contributed by atoms with Gasteiger partial charge in [-0.05, 0) is 23.8 Å². The maximum atomic E-state index is 9.63. The van der Waals surface area contributed by atoms with E-state index in [4.69, 9.17) is 28.3 Å². The van der Waals surface area contributed by atoms with Gasteiger partial charge in [0, 0.05) is 16.3 Å². The first-order valence-electron chi connectivity index (χ1n) is 7.92. The van der Waals surface area contributed by atoms with Crippen molar-refractivity contribution in [3.05, 3.63) is 64.1 Å². The Morgan fingerprint density at radius 2 is 1.85 bits per heavy atom. The summed E-state index contributed by atoms with van der Waals surface area (Å²) in [5.41, 5.74) is 1.82. The van der Waals surface area contributed by atoms with Gasteiger partial charge in [0.15, 0.2) is 11.0 Å². The number of aliphatic hydroxyl groups is 2.